The number of H-pyrrole nitrogens is 1. The summed E-state index contributed by atoms with van der Waals surface area (Å²) in [6, 6.07) is 16.0. The van der Waals surface area contributed by atoms with Gasteiger partial charge < -0.3 is 9.72 Å². The number of tetrazole rings is 1. The van der Waals surface area contributed by atoms with Gasteiger partial charge in [0.2, 0.25) is 0 Å². The van der Waals surface area contributed by atoms with E-state index in [0.29, 0.717) is 18.7 Å². The zero-order chi connectivity index (χ0) is 26.0. The standard InChI is InChI=1S/C28H36N6O2/c1-18(2)25(26-30-31-32-34(26)28(4,5)6)33(16-20-9-11-23(36-7)12-10-20)17-22-15-21-14-19(3)8-13-24(21)29-27(22)35/h8-15,18,25H,16-17H2,1-7H3,(H,29,35)/t25-/m0/s1. The molecule has 190 valence electrons. The van der Waals surface area contributed by atoms with Gasteiger partial charge in [-0.05, 0) is 85.3 Å². The van der Waals surface area contributed by atoms with Crippen LogP contribution in [0.15, 0.2) is 53.3 Å². The van der Waals surface area contributed by atoms with Gasteiger partial charge in [0.15, 0.2) is 5.82 Å². The summed E-state index contributed by atoms with van der Waals surface area (Å²) >= 11 is 0. The van der Waals surface area contributed by atoms with E-state index in [1.54, 1.807) is 7.11 Å². The molecule has 0 aliphatic heterocycles. The molecule has 0 aliphatic carbocycles. The fraction of sp³-hybridized carbons (Fsp3) is 0.429. The van der Waals surface area contributed by atoms with Crippen LogP contribution >= 0.6 is 0 Å². The van der Waals surface area contributed by atoms with E-state index in [9.17, 15) is 4.79 Å². The van der Waals surface area contributed by atoms with Crippen molar-refractivity contribution in [1.82, 2.24) is 30.1 Å². The predicted molar refractivity (Wildman–Crippen MR) is 142 cm³/mol. The highest BCUT2D eigenvalue weighted by Gasteiger charge is 2.33. The highest BCUT2D eigenvalue weighted by atomic mass is 16.5. The Morgan fingerprint density at radius 3 is 2.42 bits per heavy atom. The van der Waals surface area contributed by atoms with Crippen LogP contribution in [0.25, 0.3) is 10.9 Å². The lowest BCUT2D eigenvalue weighted by atomic mass is 9.98. The average molecular weight is 489 g/mol. The molecule has 0 unspecified atom stereocenters. The van der Waals surface area contributed by atoms with Gasteiger partial charge in [-0.15, -0.1) is 5.10 Å². The second-order valence-corrected chi connectivity index (χ2v) is 10.8. The number of aryl methyl sites for hydroxylation is 1. The van der Waals surface area contributed by atoms with Gasteiger partial charge in [-0.25, -0.2) is 4.68 Å². The fourth-order valence-electron chi connectivity index (χ4n) is 4.66. The summed E-state index contributed by atoms with van der Waals surface area (Å²) < 4.78 is 7.24. The first kappa shape index (κ1) is 25.6. The number of ether oxygens (including phenoxy) is 1. The molecule has 4 rings (SSSR count). The Balaban J connectivity index is 1.80. The number of pyridine rings is 1. The fourth-order valence-corrected chi connectivity index (χ4v) is 4.66. The molecule has 0 bridgehead atoms. The van der Waals surface area contributed by atoms with Gasteiger partial charge in [-0.3, -0.25) is 9.69 Å². The first-order valence-corrected chi connectivity index (χ1v) is 12.3. The third-order valence-electron chi connectivity index (χ3n) is 6.41. The van der Waals surface area contributed by atoms with Crippen molar-refractivity contribution in [2.45, 2.75) is 66.2 Å². The van der Waals surface area contributed by atoms with Gasteiger partial charge in [0.05, 0.1) is 18.7 Å². The zero-order valence-corrected chi connectivity index (χ0v) is 22.2. The zero-order valence-electron chi connectivity index (χ0n) is 22.2. The average Bonchev–Trinajstić information content (AvgIpc) is 3.30. The summed E-state index contributed by atoms with van der Waals surface area (Å²) in [6.45, 7) is 13.7. The third kappa shape index (κ3) is 5.49. The van der Waals surface area contributed by atoms with Gasteiger partial charge in [0.1, 0.15) is 5.75 Å². The minimum Gasteiger partial charge on any atom is -0.497 e. The second kappa shape index (κ2) is 10.2. The smallest absolute Gasteiger partial charge is 0.252 e. The van der Waals surface area contributed by atoms with Gasteiger partial charge in [0.25, 0.3) is 5.56 Å². The highest BCUT2D eigenvalue weighted by Crippen LogP contribution is 2.32. The van der Waals surface area contributed by atoms with E-state index in [4.69, 9.17) is 4.74 Å². The van der Waals surface area contributed by atoms with Crippen LogP contribution in [0.2, 0.25) is 0 Å². The van der Waals surface area contributed by atoms with Crippen LogP contribution in [-0.2, 0) is 18.6 Å². The monoisotopic (exact) mass is 488 g/mol. The van der Waals surface area contributed by atoms with Crippen molar-refractivity contribution in [3.8, 4) is 5.75 Å². The number of methoxy groups -OCH3 is 1. The summed E-state index contributed by atoms with van der Waals surface area (Å²) in [7, 11) is 1.66. The van der Waals surface area contributed by atoms with Crippen LogP contribution in [0.5, 0.6) is 5.75 Å². The minimum absolute atomic E-state index is 0.0796. The SMILES string of the molecule is COc1ccc(CN(Cc2cc3cc(C)ccc3[nH]c2=O)[C@H](c2nnnn2C(C)(C)C)C(C)C)cc1. The maximum atomic E-state index is 13.2. The van der Waals surface area contributed by atoms with E-state index < -0.39 is 0 Å². The van der Waals surface area contributed by atoms with E-state index in [2.05, 4.69) is 85.2 Å². The highest BCUT2D eigenvalue weighted by molar-refractivity contribution is 5.79. The molecule has 4 aromatic rings. The van der Waals surface area contributed by atoms with Crippen molar-refractivity contribution < 1.29 is 4.74 Å². The molecule has 0 fully saturated rings. The topological polar surface area (TPSA) is 88.9 Å². The Labute approximate surface area is 212 Å². The van der Waals surface area contributed by atoms with Crippen LogP contribution in [0.1, 0.15) is 63.2 Å². The molecule has 2 aromatic heterocycles. The summed E-state index contributed by atoms with van der Waals surface area (Å²) in [5.74, 6) is 1.79. The van der Waals surface area contributed by atoms with E-state index in [0.717, 1.165) is 33.6 Å². The third-order valence-corrected chi connectivity index (χ3v) is 6.41. The quantitative estimate of drug-likeness (QED) is 0.376. The molecular formula is C28H36N6O2. The molecule has 8 nitrogen and oxygen atoms in total. The Kier molecular flexibility index (Phi) is 7.26. The van der Waals surface area contributed by atoms with Crippen molar-refractivity contribution in [3.05, 3.63) is 81.4 Å². The molecule has 1 N–H and O–H groups in total. The van der Waals surface area contributed by atoms with Crippen molar-refractivity contribution >= 4 is 10.9 Å². The van der Waals surface area contributed by atoms with Crippen LogP contribution in [0.4, 0.5) is 0 Å². The molecular weight excluding hydrogens is 452 g/mol. The minimum atomic E-state index is -0.282. The lowest BCUT2D eigenvalue weighted by Crippen LogP contribution is -2.37. The van der Waals surface area contributed by atoms with E-state index in [1.807, 2.05) is 35.0 Å². The number of hydrogen-bond donors (Lipinski definition) is 1. The predicted octanol–water partition coefficient (Wildman–Crippen LogP) is 4.99. The maximum Gasteiger partial charge on any atom is 0.252 e. The maximum absolute atomic E-state index is 13.2. The molecule has 8 heteroatoms. The number of nitrogens with one attached hydrogen (secondary N) is 1. The molecule has 0 saturated heterocycles. The van der Waals surface area contributed by atoms with Crippen molar-refractivity contribution in [1.29, 1.82) is 0 Å². The van der Waals surface area contributed by atoms with Crippen LogP contribution in [0.3, 0.4) is 0 Å². The molecule has 1 atom stereocenters. The number of aromatic amines is 1. The largest absolute Gasteiger partial charge is 0.497 e. The van der Waals surface area contributed by atoms with Crippen molar-refractivity contribution in [2.75, 3.05) is 7.11 Å². The van der Waals surface area contributed by atoms with Gasteiger partial charge in [-0.2, -0.15) is 0 Å². The number of hydrogen-bond acceptors (Lipinski definition) is 6. The molecule has 0 spiro atoms. The molecule has 36 heavy (non-hydrogen) atoms. The summed E-state index contributed by atoms with van der Waals surface area (Å²) in [4.78, 5) is 18.5. The number of nitrogens with zero attached hydrogens (tertiary/aromatic N) is 5. The summed E-state index contributed by atoms with van der Waals surface area (Å²) in [6.07, 6.45) is 0. The molecule has 0 saturated carbocycles. The lowest BCUT2D eigenvalue weighted by molar-refractivity contribution is 0.119. The summed E-state index contributed by atoms with van der Waals surface area (Å²) in [5, 5.41) is 13.9. The normalized spacial score (nSPS) is 13.0. The Morgan fingerprint density at radius 2 is 1.78 bits per heavy atom. The number of benzene rings is 2. The lowest BCUT2D eigenvalue weighted by Gasteiger charge is -2.35. The molecule has 0 amide bonds. The number of rotatable bonds is 8. The first-order chi connectivity index (χ1) is 17.1. The summed E-state index contributed by atoms with van der Waals surface area (Å²) in [5.41, 5.74) is 3.46. The number of aromatic nitrogens is 5. The van der Waals surface area contributed by atoms with Gasteiger partial charge in [-0.1, -0.05) is 37.6 Å². The van der Waals surface area contributed by atoms with Crippen LogP contribution in [0, 0.1) is 12.8 Å². The first-order valence-electron chi connectivity index (χ1n) is 12.3. The van der Waals surface area contributed by atoms with Gasteiger partial charge >= 0.3 is 0 Å². The van der Waals surface area contributed by atoms with Crippen molar-refractivity contribution in [2.24, 2.45) is 5.92 Å². The second-order valence-electron chi connectivity index (χ2n) is 10.8. The molecule has 2 aromatic carbocycles. The Hall–Kier alpha value is -3.52. The van der Waals surface area contributed by atoms with E-state index in [-0.39, 0.29) is 23.1 Å². The van der Waals surface area contributed by atoms with Crippen LogP contribution < -0.4 is 10.3 Å². The molecule has 0 aliphatic rings. The van der Waals surface area contributed by atoms with Gasteiger partial charge in [0, 0.05) is 24.2 Å². The van der Waals surface area contributed by atoms with E-state index in [1.165, 1.54) is 0 Å². The number of fused-ring (bicyclic) bond motifs is 1. The van der Waals surface area contributed by atoms with E-state index >= 15 is 0 Å². The Morgan fingerprint density at radius 1 is 1.06 bits per heavy atom. The molecule has 2 heterocycles. The van der Waals surface area contributed by atoms with Crippen LogP contribution in [-0.4, -0.2) is 37.2 Å². The molecule has 0 radical (unpaired) electrons. The Bertz CT molecular complexity index is 1380. The van der Waals surface area contributed by atoms with Crippen molar-refractivity contribution in [3.63, 3.8) is 0 Å².